The standard InChI is InChI=1S/C18H24N2O5S/c1-13-5-8-16(9-6-13)26(22,23)20(3)11-15-7-10-17(25-15)18(21)19-14(2)12-24-4/h5-10,14H,11-12H2,1-4H3,(H,19,21)/t14-/m1/s1. The number of rotatable bonds is 8. The van der Waals surface area contributed by atoms with Gasteiger partial charge in [-0.2, -0.15) is 4.31 Å². The molecule has 0 aliphatic rings. The monoisotopic (exact) mass is 380 g/mol. The molecule has 0 aliphatic heterocycles. The van der Waals surface area contributed by atoms with Crippen LogP contribution in [0.5, 0.6) is 0 Å². The smallest absolute Gasteiger partial charge is 0.287 e. The van der Waals surface area contributed by atoms with Crippen LogP contribution in [-0.2, 0) is 21.3 Å². The van der Waals surface area contributed by atoms with Crippen molar-refractivity contribution in [3.63, 3.8) is 0 Å². The Balaban J connectivity index is 2.06. The van der Waals surface area contributed by atoms with Crippen molar-refractivity contribution in [2.24, 2.45) is 0 Å². The van der Waals surface area contributed by atoms with E-state index in [1.807, 2.05) is 13.8 Å². The van der Waals surface area contributed by atoms with Crippen molar-refractivity contribution in [1.82, 2.24) is 9.62 Å². The molecule has 142 valence electrons. The molecule has 0 spiro atoms. The van der Waals surface area contributed by atoms with Crippen molar-refractivity contribution in [2.45, 2.75) is 31.3 Å². The number of hydrogen-bond donors (Lipinski definition) is 1. The van der Waals surface area contributed by atoms with Crippen LogP contribution < -0.4 is 5.32 Å². The predicted octanol–water partition coefficient (Wildman–Crippen LogP) is 2.17. The van der Waals surface area contributed by atoms with Gasteiger partial charge in [0.15, 0.2) is 5.76 Å². The fourth-order valence-electron chi connectivity index (χ4n) is 2.37. The molecule has 1 amide bonds. The quantitative estimate of drug-likeness (QED) is 0.758. The first-order valence-corrected chi connectivity index (χ1v) is 9.59. The van der Waals surface area contributed by atoms with E-state index in [0.29, 0.717) is 12.4 Å². The lowest BCUT2D eigenvalue weighted by atomic mass is 10.2. The zero-order valence-electron chi connectivity index (χ0n) is 15.4. The summed E-state index contributed by atoms with van der Waals surface area (Å²) in [6.45, 7) is 4.12. The summed E-state index contributed by atoms with van der Waals surface area (Å²) in [4.78, 5) is 12.3. The first-order valence-electron chi connectivity index (χ1n) is 8.15. The normalized spacial score (nSPS) is 13.0. The molecule has 0 fully saturated rings. The maximum Gasteiger partial charge on any atom is 0.287 e. The highest BCUT2D eigenvalue weighted by atomic mass is 32.2. The SMILES string of the molecule is COC[C@@H](C)NC(=O)c1ccc(CN(C)S(=O)(=O)c2ccc(C)cc2)o1. The molecule has 2 aromatic rings. The molecular formula is C18H24N2O5S. The number of sulfonamides is 1. The highest BCUT2D eigenvalue weighted by Gasteiger charge is 2.22. The Kier molecular flexibility index (Phi) is 6.57. The second-order valence-electron chi connectivity index (χ2n) is 6.17. The second-order valence-corrected chi connectivity index (χ2v) is 8.21. The van der Waals surface area contributed by atoms with Crippen LogP contribution in [0.3, 0.4) is 0 Å². The van der Waals surface area contributed by atoms with Gasteiger partial charge in [0, 0.05) is 20.2 Å². The lowest BCUT2D eigenvalue weighted by Crippen LogP contribution is -2.35. The molecular weight excluding hydrogens is 356 g/mol. The van der Waals surface area contributed by atoms with E-state index in [4.69, 9.17) is 9.15 Å². The minimum Gasteiger partial charge on any atom is -0.455 e. The lowest BCUT2D eigenvalue weighted by Gasteiger charge is -2.16. The first kappa shape index (κ1) is 20.2. The number of furan rings is 1. The van der Waals surface area contributed by atoms with Crippen LogP contribution in [0.2, 0.25) is 0 Å². The second kappa shape index (κ2) is 8.48. The summed E-state index contributed by atoms with van der Waals surface area (Å²) < 4.78 is 36.8. The molecule has 1 N–H and O–H groups in total. The number of carbonyl (C=O) groups excluding carboxylic acids is 1. The largest absolute Gasteiger partial charge is 0.455 e. The molecule has 0 bridgehead atoms. The van der Waals surface area contributed by atoms with Gasteiger partial charge in [0.25, 0.3) is 5.91 Å². The maximum atomic E-state index is 12.6. The Morgan fingerprint density at radius 3 is 2.50 bits per heavy atom. The topological polar surface area (TPSA) is 88.9 Å². The number of nitrogens with zero attached hydrogens (tertiary/aromatic N) is 1. The van der Waals surface area contributed by atoms with E-state index in [0.717, 1.165) is 5.56 Å². The van der Waals surface area contributed by atoms with E-state index in [1.54, 1.807) is 37.4 Å². The Morgan fingerprint density at radius 2 is 1.88 bits per heavy atom. The third-order valence-electron chi connectivity index (χ3n) is 3.79. The van der Waals surface area contributed by atoms with E-state index in [1.165, 1.54) is 17.4 Å². The van der Waals surface area contributed by atoms with Gasteiger partial charge < -0.3 is 14.5 Å². The molecule has 0 saturated carbocycles. The molecule has 7 nitrogen and oxygen atoms in total. The molecule has 0 unspecified atom stereocenters. The van der Waals surface area contributed by atoms with Crippen molar-refractivity contribution in [3.05, 3.63) is 53.5 Å². The number of hydrogen-bond acceptors (Lipinski definition) is 5. The van der Waals surface area contributed by atoms with Gasteiger partial charge in [-0.3, -0.25) is 4.79 Å². The van der Waals surface area contributed by atoms with E-state index in [-0.39, 0.29) is 29.1 Å². The van der Waals surface area contributed by atoms with Crippen molar-refractivity contribution in [3.8, 4) is 0 Å². The van der Waals surface area contributed by atoms with Gasteiger partial charge in [0.1, 0.15) is 5.76 Å². The van der Waals surface area contributed by atoms with Gasteiger partial charge in [0.2, 0.25) is 10.0 Å². The molecule has 8 heteroatoms. The molecule has 0 aliphatic carbocycles. The number of carbonyl (C=O) groups is 1. The number of aryl methyl sites for hydroxylation is 1. The predicted molar refractivity (Wildman–Crippen MR) is 97.3 cm³/mol. The summed E-state index contributed by atoms with van der Waals surface area (Å²) >= 11 is 0. The molecule has 0 saturated heterocycles. The van der Waals surface area contributed by atoms with Gasteiger partial charge in [0.05, 0.1) is 18.0 Å². The van der Waals surface area contributed by atoms with Crippen molar-refractivity contribution < 1.29 is 22.4 Å². The average molecular weight is 380 g/mol. The van der Waals surface area contributed by atoms with Crippen LogP contribution >= 0.6 is 0 Å². The molecule has 1 aromatic heterocycles. The van der Waals surface area contributed by atoms with Crippen molar-refractivity contribution >= 4 is 15.9 Å². The summed E-state index contributed by atoms with van der Waals surface area (Å²) in [5.41, 5.74) is 0.982. The van der Waals surface area contributed by atoms with Gasteiger partial charge in [-0.15, -0.1) is 0 Å². The fourth-order valence-corrected chi connectivity index (χ4v) is 3.50. The summed E-state index contributed by atoms with van der Waals surface area (Å²) in [5, 5.41) is 2.74. The maximum absolute atomic E-state index is 12.6. The van der Waals surface area contributed by atoms with Crippen molar-refractivity contribution in [1.29, 1.82) is 0 Å². The van der Waals surface area contributed by atoms with Crippen LogP contribution in [0, 0.1) is 6.92 Å². The average Bonchev–Trinajstić information content (AvgIpc) is 3.04. The Morgan fingerprint density at radius 1 is 1.23 bits per heavy atom. The van der Waals surface area contributed by atoms with Crippen LogP contribution in [-0.4, -0.2) is 45.4 Å². The molecule has 1 aromatic carbocycles. The minimum atomic E-state index is -3.64. The van der Waals surface area contributed by atoms with Crippen LogP contribution in [0.15, 0.2) is 45.7 Å². The van der Waals surface area contributed by atoms with E-state index in [2.05, 4.69) is 5.32 Å². The van der Waals surface area contributed by atoms with E-state index >= 15 is 0 Å². The Labute approximate surface area is 154 Å². The number of nitrogens with one attached hydrogen (secondary N) is 1. The third-order valence-corrected chi connectivity index (χ3v) is 5.60. The minimum absolute atomic E-state index is 0.0249. The fraction of sp³-hybridized carbons (Fsp3) is 0.389. The first-order chi connectivity index (χ1) is 12.2. The lowest BCUT2D eigenvalue weighted by molar-refractivity contribution is 0.0875. The summed E-state index contributed by atoms with van der Waals surface area (Å²) in [7, 11) is -0.611. The Hall–Kier alpha value is -2.16. The zero-order valence-corrected chi connectivity index (χ0v) is 16.2. The van der Waals surface area contributed by atoms with Crippen LogP contribution in [0.4, 0.5) is 0 Å². The third kappa shape index (κ3) is 4.94. The number of ether oxygens (including phenoxy) is 1. The van der Waals surface area contributed by atoms with Crippen LogP contribution in [0.1, 0.15) is 28.8 Å². The van der Waals surface area contributed by atoms with Gasteiger partial charge >= 0.3 is 0 Å². The number of amides is 1. The molecule has 1 heterocycles. The van der Waals surface area contributed by atoms with E-state index < -0.39 is 10.0 Å². The van der Waals surface area contributed by atoms with Gasteiger partial charge in [-0.05, 0) is 38.1 Å². The van der Waals surface area contributed by atoms with Crippen molar-refractivity contribution in [2.75, 3.05) is 20.8 Å². The zero-order chi connectivity index (χ0) is 19.3. The van der Waals surface area contributed by atoms with Crippen LogP contribution in [0.25, 0.3) is 0 Å². The molecule has 26 heavy (non-hydrogen) atoms. The summed E-state index contributed by atoms with van der Waals surface area (Å²) in [6.07, 6.45) is 0. The van der Waals surface area contributed by atoms with Gasteiger partial charge in [-0.1, -0.05) is 17.7 Å². The highest BCUT2D eigenvalue weighted by Crippen LogP contribution is 2.18. The summed E-state index contributed by atoms with van der Waals surface area (Å²) in [5.74, 6) is 0.140. The highest BCUT2D eigenvalue weighted by molar-refractivity contribution is 7.89. The molecule has 1 atom stereocenters. The number of methoxy groups -OCH3 is 1. The Bertz CT molecular complexity index is 843. The summed E-state index contributed by atoms with van der Waals surface area (Å²) in [6, 6.07) is 9.59. The van der Waals surface area contributed by atoms with Gasteiger partial charge in [-0.25, -0.2) is 8.42 Å². The molecule has 0 radical (unpaired) electrons. The number of benzene rings is 1. The molecule has 2 rings (SSSR count). The van der Waals surface area contributed by atoms with E-state index in [9.17, 15) is 13.2 Å².